The first-order valence-corrected chi connectivity index (χ1v) is 8.46. The van der Waals surface area contributed by atoms with Crippen LogP contribution < -0.4 is 10.6 Å². The molecular weight excluding hydrogens is 302 g/mol. The minimum atomic E-state index is 0.522. The maximum atomic E-state index is 5.57. The smallest absolute Gasteiger partial charge is 0.191 e. The molecule has 5 heteroatoms. The van der Waals surface area contributed by atoms with Gasteiger partial charge in [0.1, 0.15) is 12.4 Å². The van der Waals surface area contributed by atoms with Crippen molar-refractivity contribution in [1.29, 1.82) is 0 Å². The molecule has 1 aromatic heterocycles. The van der Waals surface area contributed by atoms with Crippen molar-refractivity contribution >= 4 is 5.96 Å². The molecule has 5 nitrogen and oxygen atoms in total. The van der Waals surface area contributed by atoms with E-state index in [1.165, 1.54) is 11.1 Å². The first-order valence-electron chi connectivity index (χ1n) is 8.46. The zero-order valence-corrected chi connectivity index (χ0v) is 14.5. The van der Waals surface area contributed by atoms with Gasteiger partial charge in [0.15, 0.2) is 5.96 Å². The number of nitrogens with one attached hydrogen (secondary N) is 2. The number of hydrogen-bond donors (Lipinski definition) is 2. The second-order valence-electron chi connectivity index (χ2n) is 5.53. The van der Waals surface area contributed by atoms with E-state index in [-0.39, 0.29) is 0 Å². The Morgan fingerprint density at radius 2 is 2.04 bits per heavy atom. The van der Waals surface area contributed by atoms with Gasteiger partial charge in [-0.3, -0.25) is 0 Å². The highest BCUT2D eigenvalue weighted by Gasteiger charge is 2.00. The predicted octanol–water partition coefficient (Wildman–Crippen LogP) is 3.25. The third-order valence-electron chi connectivity index (χ3n) is 3.60. The van der Waals surface area contributed by atoms with E-state index in [0.717, 1.165) is 31.2 Å². The quantitative estimate of drug-likeness (QED) is 0.421. The van der Waals surface area contributed by atoms with Crippen LogP contribution in [0.3, 0.4) is 0 Å². The molecule has 2 aromatic rings. The van der Waals surface area contributed by atoms with Gasteiger partial charge in [-0.25, -0.2) is 4.99 Å². The maximum Gasteiger partial charge on any atom is 0.191 e. The van der Waals surface area contributed by atoms with E-state index in [9.17, 15) is 0 Å². The summed E-state index contributed by atoms with van der Waals surface area (Å²) < 4.78 is 10.8. The molecule has 24 heavy (non-hydrogen) atoms. The molecule has 0 atom stereocenters. The summed E-state index contributed by atoms with van der Waals surface area (Å²) in [5.74, 6) is 1.70. The van der Waals surface area contributed by atoms with Crippen molar-refractivity contribution < 1.29 is 9.15 Å². The minimum Gasteiger partial charge on any atom is -0.467 e. The van der Waals surface area contributed by atoms with Gasteiger partial charge in [-0.05, 0) is 43.5 Å². The summed E-state index contributed by atoms with van der Waals surface area (Å²) in [4.78, 5) is 4.64. The zero-order chi connectivity index (χ0) is 17.0. The maximum absolute atomic E-state index is 5.57. The van der Waals surface area contributed by atoms with Crippen molar-refractivity contribution in [1.82, 2.24) is 10.6 Å². The fourth-order valence-electron chi connectivity index (χ4n) is 2.24. The first-order chi connectivity index (χ1) is 11.8. The van der Waals surface area contributed by atoms with Gasteiger partial charge >= 0.3 is 0 Å². The minimum absolute atomic E-state index is 0.522. The Morgan fingerprint density at radius 3 is 2.79 bits per heavy atom. The van der Waals surface area contributed by atoms with Crippen LogP contribution in [0.5, 0.6) is 0 Å². The van der Waals surface area contributed by atoms with Gasteiger partial charge in [-0.1, -0.05) is 24.3 Å². The molecule has 0 aliphatic carbocycles. The van der Waals surface area contributed by atoms with Crippen molar-refractivity contribution in [2.75, 3.05) is 19.7 Å². The molecule has 0 saturated carbocycles. The van der Waals surface area contributed by atoms with Crippen molar-refractivity contribution in [3.05, 3.63) is 59.5 Å². The van der Waals surface area contributed by atoms with Crippen LogP contribution in [0.4, 0.5) is 0 Å². The number of rotatable bonds is 9. The average molecular weight is 329 g/mol. The Kier molecular flexibility index (Phi) is 7.90. The molecule has 2 rings (SSSR count). The molecule has 130 valence electrons. The highest BCUT2D eigenvalue weighted by Crippen LogP contribution is 2.07. The fourth-order valence-corrected chi connectivity index (χ4v) is 2.24. The van der Waals surface area contributed by atoms with Crippen LogP contribution >= 0.6 is 0 Å². The largest absolute Gasteiger partial charge is 0.467 e. The third-order valence-corrected chi connectivity index (χ3v) is 3.60. The zero-order valence-electron chi connectivity index (χ0n) is 14.5. The fraction of sp³-hybridized carbons (Fsp3) is 0.421. The number of hydrogen-bond acceptors (Lipinski definition) is 3. The lowest BCUT2D eigenvalue weighted by Crippen LogP contribution is -2.38. The number of furan rings is 1. The van der Waals surface area contributed by atoms with Crippen LogP contribution in [0.2, 0.25) is 0 Å². The third kappa shape index (κ3) is 6.46. The second-order valence-corrected chi connectivity index (χ2v) is 5.53. The highest BCUT2D eigenvalue weighted by atomic mass is 16.5. The number of ether oxygens (including phenoxy) is 1. The molecule has 0 aliphatic heterocycles. The summed E-state index contributed by atoms with van der Waals surface area (Å²) >= 11 is 0. The molecule has 1 aromatic carbocycles. The number of guanidine groups is 1. The van der Waals surface area contributed by atoms with Crippen LogP contribution in [0.25, 0.3) is 0 Å². The van der Waals surface area contributed by atoms with Gasteiger partial charge in [-0.15, -0.1) is 0 Å². The SMILES string of the molecule is CCNC(=NCc1ccccc1C)NCCCOCc1ccco1. The van der Waals surface area contributed by atoms with E-state index in [4.69, 9.17) is 9.15 Å². The molecule has 0 spiro atoms. The molecule has 0 amide bonds. The molecule has 0 fully saturated rings. The van der Waals surface area contributed by atoms with Crippen LogP contribution in [0.1, 0.15) is 30.2 Å². The van der Waals surface area contributed by atoms with Crippen LogP contribution in [-0.4, -0.2) is 25.7 Å². The molecule has 0 aliphatic rings. The lowest BCUT2D eigenvalue weighted by atomic mass is 10.1. The number of nitrogens with zero attached hydrogens (tertiary/aromatic N) is 1. The average Bonchev–Trinajstić information content (AvgIpc) is 3.10. The van der Waals surface area contributed by atoms with Crippen LogP contribution in [0, 0.1) is 6.92 Å². The van der Waals surface area contributed by atoms with Crippen molar-refractivity contribution in [3.8, 4) is 0 Å². The predicted molar refractivity (Wildman–Crippen MR) is 97.0 cm³/mol. The number of benzene rings is 1. The van der Waals surface area contributed by atoms with Crippen molar-refractivity contribution in [2.24, 2.45) is 4.99 Å². The van der Waals surface area contributed by atoms with E-state index in [0.29, 0.717) is 19.8 Å². The number of aliphatic imine (C=N–C) groups is 1. The van der Waals surface area contributed by atoms with Crippen molar-refractivity contribution in [2.45, 2.75) is 33.4 Å². The van der Waals surface area contributed by atoms with E-state index in [2.05, 4.69) is 53.7 Å². The van der Waals surface area contributed by atoms with Gasteiger partial charge in [0.05, 0.1) is 12.8 Å². The number of aryl methyl sites for hydroxylation is 1. The Hall–Kier alpha value is -2.27. The molecule has 1 heterocycles. The van der Waals surface area contributed by atoms with Gasteiger partial charge in [0.2, 0.25) is 0 Å². The Balaban J connectivity index is 1.68. The monoisotopic (exact) mass is 329 g/mol. The van der Waals surface area contributed by atoms with Crippen molar-refractivity contribution in [3.63, 3.8) is 0 Å². The molecule has 2 N–H and O–H groups in total. The molecule has 0 radical (unpaired) electrons. The Bertz CT molecular complexity index is 609. The lowest BCUT2D eigenvalue weighted by Gasteiger charge is -2.12. The van der Waals surface area contributed by atoms with E-state index in [1.54, 1.807) is 6.26 Å². The summed E-state index contributed by atoms with van der Waals surface area (Å²) in [6.07, 6.45) is 2.57. The Labute approximate surface area is 144 Å². The summed E-state index contributed by atoms with van der Waals surface area (Å²) in [6, 6.07) is 12.1. The highest BCUT2D eigenvalue weighted by molar-refractivity contribution is 5.79. The van der Waals surface area contributed by atoms with Gasteiger partial charge in [0, 0.05) is 19.7 Å². The summed E-state index contributed by atoms with van der Waals surface area (Å²) in [7, 11) is 0. The first kappa shape index (κ1) is 18.1. The van der Waals surface area contributed by atoms with E-state index < -0.39 is 0 Å². The second kappa shape index (κ2) is 10.5. The van der Waals surface area contributed by atoms with E-state index in [1.807, 2.05) is 12.1 Å². The molecule has 0 saturated heterocycles. The standard InChI is InChI=1S/C19H27N3O2/c1-3-20-19(22-14-17-9-5-4-8-16(17)2)21-11-7-12-23-15-18-10-6-13-24-18/h4-6,8-10,13H,3,7,11-12,14-15H2,1-2H3,(H2,20,21,22). The van der Waals surface area contributed by atoms with Gasteiger partial charge in [-0.2, -0.15) is 0 Å². The topological polar surface area (TPSA) is 58.8 Å². The summed E-state index contributed by atoms with van der Waals surface area (Å²) in [5.41, 5.74) is 2.51. The summed E-state index contributed by atoms with van der Waals surface area (Å²) in [6.45, 7) is 7.72. The summed E-state index contributed by atoms with van der Waals surface area (Å²) in [5, 5.41) is 6.61. The molecular formula is C19H27N3O2. The molecule has 0 bridgehead atoms. The van der Waals surface area contributed by atoms with Gasteiger partial charge in [0.25, 0.3) is 0 Å². The van der Waals surface area contributed by atoms with Crippen LogP contribution in [-0.2, 0) is 17.9 Å². The van der Waals surface area contributed by atoms with Gasteiger partial charge < -0.3 is 19.8 Å². The molecule has 0 unspecified atom stereocenters. The normalized spacial score (nSPS) is 11.5. The van der Waals surface area contributed by atoms with E-state index >= 15 is 0 Å². The van der Waals surface area contributed by atoms with Crippen LogP contribution in [0.15, 0.2) is 52.1 Å². The Morgan fingerprint density at radius 1 is 1.17 bits per heavy atom. The lowest BCUT2D eigenvalue weighted by molar-refractivity contribution is 0.105.